The van der Waals surface area contributed by atoms with Crippen molar-refractivity contribution in [1.29, 1.82) is 0 Å². The van der Waals surface area contributed by atoms with E-state index < -0.39 is 27.7 Å². The molecule has 2 aliphatic rings. The molecule has 2 aliphatic heterocycles. The molecule has 0 saturated carbocycles. The molecule has 0 atom stereocenters. The Labute approximate surface area is 187 Å². The number of ether oxygens (including phenoxy) is 2. The summed E-state index contributed by atoms with van der Waals surface area (Å²) in [6, 6.07) is 11.1. The van der Waals surface area contributed by atoms with E-state index >= 15 is 0 Å². The van der Waals surface area contributed by atoms with Crippen LogP contribution < -0.4 is 14.2 Å². The first-order valence-corrected chi connectivity index (χ1v) is 11.3. The Balaban J connectivity index is 1.40. The number of hydrogen-bond acceptors (Lipinski definition) is 7. The maximum atomic E-state index is 14.0. The highest BCUT2D eigenvalue weighted by Gasteiger charge is 2.37. The molecule has 0 fully saturated rings. The Morgan fingerprint density at radius 1 is 1.03 bits per heavy atom. The first kappa shape index (κ1) is 21.0. The van der Waals surface area contributed by atoms with E-state index in [2.05, 4.69) is 9.71 Å². The van der Waals surface area contributed by atoms with Crippen molar-refractivity contribution in [2.75, 3.05) is 6.79 Å². The van der Waals surface area contributed by atoms with Gasteiger partial charge >= 0.3 is 0 Å². The SMILES string of the molecule is O=C1c2cccnc2C(=O)N1Cc1ccc(F)cc1S(=O)(=O)NCc1ccc2c(c1)OCO2. The van der Waals surface area contributed by atoms with E-state index in [9.17, 15) is 22.4 Å². The van der Waals surface area contributed by atoms with Gasteiger partial charge in [0.25, 0.3) is 11.8 Å². The van der Waals surface area contributed by atoms with Crippen LogP contribution >= 0.6 is 0 Å². The molecule has 33 heavy (non-hydrogen) atoms. The lowest BCUT2D eigenvalue weighted by Gasteiger charge is -2.17. The van der Waals surface area contributed by atoms with Crippen LogP contribution in [0.15, 0.2) is 59.6 Å². The summed E-state index contributed by atoms with van der Waals surface area (Å²) in [5, 5.41) is 0. The Morgan fingerprint density at radius 2 is 1.85 bits per heavy atom. The summed E-state index contributed by atoms with van der Waals surface area (Å²) in [5.41, 5.74) is 0.821. The number of amides is 2. The summed E-state index contributed by atoms with van der Waals surface area (Å²) in [4.78, 5) is 29.7. The van der Waals surface area contributed by atoms with Crippen LogP contribution in [0.25, 0.3) is 0 Å². The van der Waals surface area contributed by atoms with Gasteiger partial charge in [0.1, 0.15) is 11.5 Å². The van der Waals surface area contributed by atoms with Gasteiger partial charge < -0.3 is 9.47 Å². The van der Waals surface area contributed by atoms with E-state index in [0.29, 0.717) is 17.1 Å². The number of carbonyl (C=O) groups is 2. The first-order valence-electron chi connectivity index (χ1n) is 9.81. The van der Waals surface area contributed by atoms with E-state index in [1.807, 2.05) is 0 Å². The lowest BCUT2D eigenvalue weighted by molar-refractivity contribution is 0.0639. The molecular weight excluding hydrogens is 453 g/mol. The summed E-state index contributed by atoms with van der Waals surface area (Å²) >= 11 is 0. The highest BCUT2D eigenvalue weighted by atomic mass is 32.2. The van der Waals surface area contributed by atoms with Gasteiger partial charge in [-0.1, -0.05) is 12.1 Å². The molecule has 11 heteroatoms. The summed E-state index contributed by atoms with van der Waals surface area (Å²) in [7, 11) is -4.20. The Hall–Kier alpha value is -3.83. The number of imide groups is 1. The third-order valence-corrected chi connectivity index (χ3v) is 6.76. The van der Waals surface area contributed by atoms with Crippen molar-refractivity contribution in [3.05, 3.63) is 82.9 Å². The molecule has 0 saturated heterocycles. The number of hydrogen-bond donors (Lipinski definition) is 1. The number of nitrogens with zero attached hydrogens (tertiary/aromatic N) is 2. The average molecular weight is 469 g/mol. The van der Waals surface area contributed by atoms with E-state index in [1.54, 1.807) is 18.2 Å². The van der Waals surface area contributed by atoms with E-state index in [0.717, 1.165) is 17.0 Å². The molecule has 0 unspecified atom stereocenters. The maximum Gasteiger partial charge on any atom is 0.280 e. The molecule has 5 rings (SSSR count). The molecule has 0 bridgehead atoms. The van der Waals surface area contributed by atoms with Crippen LogP contribution in [0.5, 0.6) is 11.5 Å². The standard InChI is InChI=1S/C22H16FN3O6S/c23-15-5-4-14(11-26-21(27)16-2-1-7-24-20(16)22(26)28)19(9-15)33(29,30)25-10-13-3-6-17-18(8-13)32-12-31-17/h1-9,25H,10-12H2. The number of pyridine rings is 1. The van der Waals surface area contributed by atoms with Crippen LogP contribution in [-0.2, 0) is 23.1 Å². The fraction of sp³-hybridized carbons (Fsp3) is 0.136. The first-order chi connectivity index (χ1) is 15.8. The highest BCUT2D eigenvalue weighted by molar-refractivity contribution is 7.89. The van der Waals surface area contributed by atoms with Crippen molar-refractivity contribution in [2.24, 2.45) is 0 Å². The van der Waals surface area contributed by atoms with Gasteiger partial charge in [0, 0.05) is 12.7 Å². The van der Waals surface area contributed by atoms with Crippen LogP contribution in [0.4, 0.5) is 4.39 Å². The Kier molecular flexibility index (Phi) is 5.06. The smallest absolute Gasteiger partial charge is 0.280 e. The lowest BCUT2D eigenvalue weighted by Crippen LogP contribution is -2.31. The fourth-order valence-corrected chi connectivity index (χ4v) is 4.90. The van der Waals surface area contributed by atoms with E-state index in [4.69, 9.17) is 9.47 Å². The number of nitrogens with one attached hydrogen (secondary N) is 1. The third kappa shape index (κ3) is 3.81. The quantitative estimate of drug-likeness (QED) is 0.551. The van der Waals surface area contributed by atoms with Gasteiger partial charge in [-0.15, -0.1) is 0 Å². The largest absolute Gasteiger partial charge is 0.454 e. The van der Waals surface area contributed by atoms with Gasteiger partial charge in [-0.05, 0) is 47.5 Å². The van der Waals surface area contributed by atoms with Gasteiger partial charge in [-0.2, -0.15) is 0 Å². The lowest BCUT2D eigenvalue weighted by atomic mass is 10.2. The predicted molar refractivity (Wildman–Crippen MR) is 111 cm³/mol. The predicted octanol–water partition coefficient (Wildman–Crippen LogP) is 2.22. The molecule has 1 N–H and O–H groups in total. The summed E-state index contributed by atoms with van der Waals surface area (Å²) < 4.78 is 53.0. The highest BCUT2D eigenvalue weighted by Crippen LogP contribution is 2.32. The number of benzene rings is 2. The monoisotopic (exact) mass is 469 g/mol. The molecule has 0 spiro atoms. The molecule has 1 aromatic heterocycles. The van der Waals surface area contributed by atoms with E-state index in [1.165, 1.54) is 24.4 Å². The molecule has 168 valence electrons. The second-order valence-corrected chi connectivity index (χ2v) is 9.10. The molecule has 3 aromatic rings. The van der Waals surface area contributed by atoms with Crippen LogP contribution in [0.3, 0.4) is 0 Å². The van der Waals surface area contributed by atoms with Crippen molar-refractivity contribution in [1.82, 2.24) is 14.6 Å². The summed E-state index contributed by atoms with van der Waals surface area (Å²) in [5.74, 6) is -0.950. The van der Waals surface area contributed by atoms with E-state index in [-0.39, 0.29) is 41.6 Å². The topological polar surface area (TPSA) is 115 Å². The van der Waals surface area contributed by atoms with Crippen LogP contribution in [0.2, 0.25) is 0 Å². The van der Waals surface area contributed by atoms with Crippen molar-refractivity contribution < 1.29 is 31.9 Å². The number of rotatable bonds is 6. The van der Waals surface area contributed by atoms with Gasteiger partial charge in [0.15, 0.2) is 11.5 Å². The molecule has 2 amide bonds. The van der Waals surface area contributed by atoms with Gasteiger partial charge in [-0.3, -0.25) is 19.5 Å². The second-order valence-electron chi connectivity index (χ2n) is 7.36. The number of carbonyl (C=O) groups excluding carboxylic acids is 2. The number of halogens is 1. The average Bonchev–Trinajstić information content (AvgIpc) is 3.37. The van der Waals surface area contributed by atoms with Crippen LogP contribution in [-0.4, -0.2) is 36.9 Å². The molecular formula is C22H16FN3O6S. The minimum Gasteiger partial charge on any atom is -0.454 e. The minimum absolute atomic E-state index is 0.00467. The zero-order valence-corrected chi connectivity index (χ0v) is 17.8. The fourth-order valence-electron chi connectivity index (χ4n) is 3.64. The van der Waals surface area contributed by atoms with Crippen molar-refractivity contribution in [3.63, 3.8) is 0 Å². The molecule has 9 nitrogen and oxygen atoms in total. The van der Waals surface area contributed by atoms with Crippen LogP contribution in [0.1, 0.15) is 32.0 Å². The maximum absolute atomic E-state index is 14.0. The number of aromatic nitrogens is 1. The molecule has 2 aromatic carbocycles. The van der Waals surface area contributed by atoms with Gasteiger partial charge in [-0.25, -0.2) is 17.5 Å². The van der Waals surface area contributed by atoms with Crippen LogP contribution in [0, 0.1) is 5.82 Å². The minimum atomic E-state index is -4.20. The molecule has 3 heterocycles. The van der Waals surface area contributed by atoms with Crippen molar-refractivity contribution >= 4 is 21.8 Å². The third-order valence-electron chi connectivity index (χ3n) is 5.28. The Morgan fingerprint density at radius 3 is 2.67 bits per heavy atom. The van der Waals surface area contributed by atoms with Gasteiger partial charge in [0.2, 0.25) is 16.8 Å². The van der Waals surface area contributed by atoms with Gasteiger partial charge in [0.05, 0.1) is 17.0 Å². The zero-order chi connectivity index (χ0) is 23.2. The molecule has 0 radical (unpaired) electrons. The second kappa shape index (κ2) is 7.94. The normalized spacial score (nSPS) is 14.6. The number of fused-ring (bicyclic) bond motifs is 2. The summed E-state index contributed by atoms with van der Waals surface area (Å²) in [6.07, 6.45) is 1.39. The summed E-state index contributed by atoms with van der Waals surface area (Å²) in [6.45, 7) is -0.356. The zero-order valence-electron chi connectivity index (χ0n) is 16.9. The Bertz CT molecular complexity index is 1370. The van der Waals surface area contributed by atoms with Crippen molar-refractivity contribution in [2.45, 2.75) is 18.0 Å². The molecule has 0 aliphatic carbocycles. The number of sulfonamides is 1. The van der Waals surface area contributed by atoms with Crippen molar-refractivity contribution in [3.8, 4) is 11.5 Å².